The Bertz CT molecular complexity index is 1300. The number of primary amides is 1. The molecule has 1 aliphatic carbocycles. The minimum Gasteiger partial charge on any atom is -0.434 e. The van der Waals surface area contributed by atoms with E-state index in [1.54, 1.807) is 19.3 Å². The predicted octanol–water partition coefficient (Wildman–Crippen LogP) is 2.12. The van der Waals surface area contributed by atoms with E-state index < -0.39 is 30.8 Å². The van der Waals surface area contributed by atoms with Crippen molar-refractivity contribution < 1.29 is 29.1 Å². The van der Waals surface area contributed by atoms with E-state index in [0.717, 1.165) is 42.5 Å². The fourth-order valence-corrected chi connectivity index (χ4v) is 4.41. The second-order valence-electron chi connectivity index (χ2n) is 9.28. The molecule has 1 fully saturated rings. The van der Waals surface area contributed by atoms with Crippen LogP contribution in [0.25, 0.3) is 11.3 Å². The number of amides is 2. The summed E-state index contributed by atoms with van der Waals surface area (Å²) in [4.78, 5) is 27.2. The minimum atomic E-state index is -1.30. The van der Waals surface area contributed by atoms with Crippen LogP contribution in [0.4, 0.5) is 4.79 Å². The lowest BCUT2D eigenvalue weighted by Crippen LogP contribution is -2.46. The Balaban J connectivity index is 1.28. The Morgan fingerprint density at radius 1 is 1.26 bits per heavy atom. The number of carbonyl (C=O) groups excluding carboxylic acids is 2. The average Bonchev–Trinajstić information content (AvgIpc) is 3.57. The number of aliphatic hydroxyl groups is 2. The summed E-state index contributed by atoms with van der Waals surface area (Å²) >= 11 is 0. The largest absolute Gasteiger partial charge is 0.434 e. The van der Waals surface area contributed by atoms with E-state index in [4.69, 9.17) is 10.3 Å². The van der Waals surface area contributed by atoms with Gasteiger partial charge in [0.1, 0.15) is 17.6 Å². The van der Waals surface area contributed by atoms with Crippen molar-refractivity contribution in [2.45, 2.75) is 57.4 Å². The number of nitrogens with two attached hydrogens (primary N) is 1. The van der Waals surface area contributed by atoms with Crippen molar-refractivity contribution in [2.24, 2.45) is 11.7 Å². The van der Waals surface area contributed by atoms with Gasteiger partial charge in [-0.25, -0.2) is 9.78 Å². The number of aliphatic hydroxyl groups excluding tert-OH is 2. The smallest absolute Gasteiger partial charge is 0.405 e. The van der Waals surface area contributed by atoms with Crippen molar-refractivity contribution in [3.63, 3.8) is 0 Å². The van der Waals surface area contributed by atoms with Crippen molar-refractivity contribution in [1.82, 2.24) is 20.0 Å². The lowest BCUT2D eigenvalue weighted by Gasteiger charge is -2.27. The molecule has 11 nitrogen and oxygen atoms in total. The van der Waals surface area contributed by atoms with Crippen LogP contribution in [0.5, 0.6) is 0 Å². The van der Waals surface area contributed by atoms with Crippen LogP contribution in [0.1, 0.15) is 55.8 Å². The highest BCUT2D eigenvalue weighted by Crippen LogP contribution is 2.25. The third kappa shape index (κ3) is 7.00. The van der Waals surface area contributed by atoms with Crippen LogP contribution in [-0.4, -0.2) is 55.7 Å². The molecule has 0 spiro atoms. The predicted molar refractivity (Wildman–Crippen MR) is 136 cm³/mol. The average molecular weight is 522 g/mol. The summed E-state index contributed by atoms with van der Waals surface area (Å²) < 4.78 is 12.0. The second-order valence-corrected chi connectivity index (χ2v) is 9.28. The molecule has 0 bridgehead atoms. The maximum Gasteiger partial charge on any atom is 0.405 e. The number of carbonyl (C=O) groups is 2. The number of benzene rings is 1. The van der Waals surface area contributed by atoms with Crippen molar-refractivity contribution in [3.05, 3.63) is 59.8 Å². The van der Waals surface area contributed by atoms with Gasteiger partial charge in [-0.05, 0) is 56.9 Å². The first-order valence-electron chi connectivity index (χ1n) is 12.5. The molecule has 1 saturated carbocycles. The molecule has 0 saturated heterocycles. The first-order valence-corrected chi connectivity index (χ1v) is 12.5. The molecule has 0 radical (unpaired) electrons. The van der Waals surface area contributed by atoms with Gasteiger partial charge in [-0.3, -0.25) is 4.79 Å². The molecule has 2 amide bonds. The quantitative estimate of drug-likeness (QED) is 0.327. The van der Waals surface area contributed by atoms with Gasteiger partial charge in [0.25, 0.3) is 5.91 Å². The van der Waals surface area contributed by atoms with Gasteiger partial charge >= 0.3 is 6.09 Å². The zero-order valence-electron chi connectivity index (χ0n) is 21.0. The molecule has 200 valence electrons. The van der Waals surface area contributed by atoms with Gasteiger partial charge in [0.2, 0.25) is 6.10 Å². The second kappa shape index (κ2) is 12.4. The third-order valence-electron chi connectivity index (χ3n) is 6.39. The SMILES string of the molecule is C[C@H](O)c1nccn1Cc1cc(-c2ccc(C#CC3CCC(NC(=O)C(CO)OC(N)=O)CC3)cc2)on1. The van der Waals surface area contributed by atoms with E-state index in [1.807, 2.05) is 34.9 Å². The number of imidazole rings is 1. The number of ether oxygens (including phenoxy) is 1. The van der Waals surface area contributed by atoms with Crippen LogP contribution in [0.15, 0.2) is 47.2 Å². The van der Waals surface area contributed by atoms with E-state index in [0.29, 0.717) is 18.1 Å². The highest BCUT2D eigenvalue weighted by molar-refractivity contribution is 5.83. The van der Waals surface area contributed by atoms with E-state index in [2.05, 4.69) is 32.0 Å². The Morgan fingerprint density at radius 3 is 2.66 bits per heavy atom. The van der Waals surface area contributed by atoms with Crippen molar-refractivity contribution >= 4 is 12.0 Å². The van der Waals surface area contributed by atoms with E-state index >= 15 is 0 Å². The number of aromatic nitrogens is 3. The molecule has 1 aliphatic rings. The molecular weight excluding hydrogens is 490 g/mol. The van der Waals surface area contributed by atoms with Crippen LogP contribution < -0.4 is 11.1 Å². The highest BCUT2D eigenvalue weighted by atomic mass is 16.6. The van der Waals surface area contributed by atoms with E-state index in [-0.39, 0.29) is 12.0 Å². The molecule has 5 N–H and O–H groups in total. The molecule has 38 heavy (non-hydrogen) atoms. The molecule has 11 heteroatoms. The summed E-state index contributed by atoms with van der Waals surface area (Å²) in [6.07, 6.45) is 3.50. The first-order chi connectivity index (χ1) is 18.3. The number of nitrogens with zero attached hydrogens (tertiary/aromatic N) is 3. The monoisotopic (exact) mass is 521 g/mol. The molecule has 1 unspecified atom stereocenters. The molecule has 3 aromatic rings. The fraction of sp³-hybridized carbons (Fsp3) is 0.407. The summed E-state index contributed by atoms with van der Waals surface area (Å²) in [6, 6.07) is 9.55. The van der Waals surface area contributed by atoms with Crippen molar-refractivity contribution in [2.75, 3.05) is 6.61 Å². The Kier molecular flexibility index (Phi) is 8.78. The standard InChI is InChI=1S/C27H31N5O6/c1-17(34)25-29-12-13-32(25)15-22-14-23(38-31-22)20-8-4-18(5-9-20)2-3-19-6-10-21(11-7-19)30-26(35)24(16-33)37-27(28)36/h4-5,8-9,12-14,17,19,21,24,33-34H,6-7,10-11,15-16H2,1H3,(H2,28,36)(H,30,35)/t17-,19?,21?,24?/m0/s1. The molecule has 1 aromatic carbocycles. The first kappa shape index (κ1) is 26.9. The molecule has 2 aromatic heterocycles. The third-order valence-corrected chi connectivity index (χ3v) is 6.39. The Morgan fingerprint density at radius 2 is 2.00 bits per heavy atom. The molecular formula is C27H31N5O6. The lowest BCUT2D eigenvalue weighted by atomic mass is 9.86. The Labute approximate surface area is 220 Å². The molecule has 2 heterocycles. The normalized spacial score (nSPS) is 18.6. The number of hydrogen-bond acceptors (Lipinski definition) is 8. The van der Waals surface area contributed by atoms with Crippen LogP contribution in [0.2, 0.25) is 0 Å². The van der Waals surface area contributed by atoms with Gasteiger partial charge in [-0.2, -0.15) is 0 Å². The summed E-state index contributed by atoms with van der Waals surface area (Å²) in [5.41, 5.74) is 7.42. The number of nitrogens with one attached hydrogen (secondary N) is 1. The van der Waals surface area contributed by atoms with Gasteiger partial charge in [-0.15, -0.1) is 0 Å². The summed E-state index contributed by atoms with van der Waals surface area (Å²) in [7, 11) is 0. The molecule has 0 aliphatic heterocycles. The molecule has 2 atom stereocenters. The highest BCUT2D eigenvalue weighted by Gasteiger charge is 2.26. The van der Waals surface area contributed by atoms with Gasteiger partial charge < -0.3 is 35.1 Å². The lowest BCUT2D eigenvalue weighted by molar-refractivity contribution is -0.132. The Hall–Kier alpha value is -4.14. The van der Waals surface area contributed by atoms with Crippen molar-refractivity contribution in [3.8, 4) is 23.2 Å². The van der Waals surface area contributed by atoms with Crippen LogP contribution in [-0.2, 0) is 16.1 Å². The summed E-state index contributed by atoms with van der Waals surface area (Å²) in [6.45, 7) is 1.49. The van der Waals surface area contributed by atoms with E-state index in [9.17, 15) is 19.8 Å². The minimum absolute atomic E-state index is 0.0652. The summed E-state index contributed by atoms with van der Waals surface area (Å²) in [5, 5.41) is 26.0. The zero-order chi connectivity index (χ0) is 27.1. The number of rotatable bonds is 8. The van der Waals surface area contributed by atoms with Gasteiger partial charge in [0.15, 0.2) is 5.76 Å². The number of hydrogen-bond donors (Lipinski definition) is 4. The summed E-state index contributed by atoms with van der Waals surface area (Å²) in [5.74, 6) is 7.42. The van der Waals surface area contributed by atoms with Crippen LogP contribution >= 0.6 is 0 Å². The van der Waals surface area contributed by atoms with Gasteiger partial charge in [0, 0.05) is 41.5 Å². The fourth-order valence-electron chi connectivity index (χ4n) is 4.41. The van der Waals surface area contributed by atoms with Crippen LogP contribution in [0, 0.1) is 17.8 Å². The molecule has 4 rings (SSSR count). The maximum absolute atomic E-state index is 12.2. The van der Waals surface area contributed by atoms with Crippen LogP contribution in [0.3, 0.4) is 0 Å². The van der Waals surface area contributed by atoms with Gasteiger partial charge in [-0.1, -0.05) is 17.0 Å². The van der Waals surface area contributed by atoms with Gasteiger partial charge in [0.05, 0.1) is 13.2 Å². The topological polar surface area (TPSA) is 166 Å². The maximum atomic E-state index is 12.2. The van der Waals surface area contributed by atoms with E-state index in [1.165, 1.54) is 0 Å². The van der Waals surface area contributed by atoms with Crippen molar-refractivity contribution in [1.29, 1.82) is 0 Å². The zero-order valence-corrected chi connectivity index (χ0v) is 21.0.